The average Bonchev–Trinajstić information content (AvgIpc) is 2.87. The highest BCUT2D eigenvalue weighted by atomic mass is 16.5. The molecule has 0 bridgehead atoms. The maximum atomic E-state index is 11.9. The first-order valence-corrected chi connectivity index (χ1v) is 7.10. The number of nitrogens with zero attached hydrogens (tertiary/aromatic N) is 2. The van der Waals surface area contributed by atoms with E-state index in [-0.39, 0.29) is 11.9 Å². The number of carbonyl (C=O) groups is 1. The smallest absolute Gasteiger partial charge is 0.239 e. The van der Waals surface area contributed by atoms with Crippen LogP contribution in [0.25, 0.3) is 5.52 Å². The van der Waals surface area contributed by atoms with E-state index in [1.165, 1.54) is 5.56 Å². The number of hydrogen-bond donors (Lipinski definition) is 1. The van der Waals surface area contributed by atoms with Crippen LogP contribution < -0.4 is 10.5 Å². The Hall–Kier alpha value is -2.01. The van der Waals surface area contributed by atoms with Gasteiger partial charge < -0.3 is 19.8 Å². The number of likely N-dealkylation sites (N-methyl/N-ethyl adjacent to an activating group) is 1. The van der Waals surface area contributed by atoms with Gasteiger partial charge in [0.15, 0.2) is 0 Å². The summed E-state index contributed by atoms with van der Waals surface area (Å²) in [6.45, 7) is 3.75. The van der Waals surface area contributed by atoms with Crippen LogP contribution in [-0.4, -0.2) is 41.4 Å². The predicted molar refractivity (Wildman–Crippen MR) is 83.5 cm³/mol. The average molecular weight is 289 g/mol. The first-order chi connectivity index (χ1) is 9.93. The molecule has 0 aliphatic rings. The van der Waals surface area contributed by atoms with Gasteiger partial charge in [-0.1, -0.05) is 0 Å². The van der Waals surface area contributed by atoms with Gasteiger partial charge in [-0.25, -0.2) is 0 Å². The Morgan fingerprint density at radius 2 is 2.10 bits per heavy atom. The summed E-state index contributed by atoms with van der Waals surface area (Å²) in [5.41, 5.74) is 7.99. The van der Waals surface area contributed by atoms with Crippen molar-refractivity contribution in [2.24, 2.45) is 5.73 Å². The van der Waals surface area contributed by atoms with Crippen molar-refractivity contribution in [1.82, 2.24) is 9.30 Å². The van der Waals surface area contributed by atoms with E-state index in [1.54, 1.807) is 26.0 Å². The van der Waals surface area contributed by atoms with Crippen molar-refractivity contribution >= 4 is 11.4 Å². The lowest BCUT2D eigenvalue weighted by Gasteiger charge is -2.26. The predicted octanol–water partition coefficient (Wildman–Crippen LogP) is 1.68. The van der Waals surface area contributed by atoms with Gasteiger partial charge in [0.05, 0.1) is 19.3 Å². The number of nitrogens with two attached hydrogens (primary N) is 1. The molecule has 0 aliphatic heterocycles. The van der Waals surface area contributed by atoms with Crippen LogP contribution in [0.1, 0.15) is 19.4 Å². The Bertz CT molecular complexity index is 633. The second-order valence-electron chi connectivity index (χ2n) is 5.49. The van der Waals surface area contributed by atoms with Crippen LogP contribution in [0, 0.1) is 0 Å². The van der Waals surface area contributed by atoms with Gasteiger partial charge in [0, 0.05) is 24.8 Å². The lowest BCUT2D eigenvalue weighted by Crippen LogP contribution is -2.44. The Labute approximate surface area is 125 Å². The van der Waals surface area contributed by atoms with E-state index in [4.69, 9.17) is 10.5 Å². The van der Waals surface area contributed by atoms with Gasteiger partial charge in [-0.15, -0.1) is 0 Å². The van der Waals surface area contributed by atoms with E-state index in [0.29, 0.717) is 0 Å². The van der Waals surface area contributed by atoms with Crippen LogP contribution in [-0.2, 0) is 11.2 Å². The quantitative estimate of drug-likeness (QED) is 0.911. The molecule has 0 spiro atoms. The lowest BCUT2D eigenvalue weighted by atomic mass is 10.1. The Kier molecular flexibility index (Phi) is 4.53. The van der Waals surface area contributed by atoms with Crippen molar-refractivity contribution in [2.45, 2.75) is 32.4 Å². The summed E-state index contributed by atoms with van der Waals surface area (Å²) in [5.74, 6) is 0.787. The number of ether oxygens (including phenoxy) is 1. The third-order valence-corrected chi connectivity index (χ3v) is 3.86. The normalized spacial score (nSPS) is 14.0. The highest BCUT2D eigenvalue weighted by Gasteiger charge is 2.20. The third-order valence-electron chi connectivity index (χ3n) is 3.86. The third kappa shape index (κ3) is 3.19. The van der Waals surface area contributed by atoms with Crippen LogP contribution >= 0.6 is 0 Å². The number of pyridine rings is 1. The second kappa shape index (κ2) is 6.18. The molecule has 2 atom stereocenters. The van der Waals surface area contributed by atoms with E-state index in [0.717, 1.165) is 17.7 Å². The molecule has 2 rings (SSSR count). The molecule has 0 fully saturated rings. The van der Waals surface area contributed by atoms with Crippen molar-refractivity contribution in [3.8, 4) is 5.75 Å². The fraction of sp³-hybridized carbons (Fsp3) is 0.438. The number of carbonyl (C=O) groups excluding carboxylic acids is 1. The van der Waals surface area contributed by atoms with Gasteiger partial charge in [-0.05, 0) is 44.0 Å². The summed E-state index contributed by atoms with van der Waals surface area (Å²) >= 11 is 0. The van der Waals surface area contributed by atoms with Gasteiger partial charge in [-0.3, -0.25) is 4.79 Å². The molecule has 0 saturated carbocycles. The molecule has 2 heterocycles. The van der Waals surface area contributed by atoms with Crippen LogP contribution in [0.15, 0.2) is 30.6 Å². The Morgan fingerprint density at radius 1 is 1.38 bits per heavy atom. The Morgan fingerprint density at radius 3 is 2.71 bits per heavy atom. The molecule has 5 heteroatoms. The van der Waals surface area contributed by atoms with Crippen molar-refractivity contribution in [3.63, 3.8) is 0 Å². The van der Waals surface area contributed by atoms with Crippen molar-refractivity contribution in [1.29, 1.82) is 0 Å². The monoisotopic (exact) mass is 289 g/mol. The molecular formula is C16H23N3O2. The summed E-state index contributed by atoms with van der Waals surface area (Å²) in [4.78, 5) is 13.7. The molecular weight excluding hydrogens is 266 g/mol. The van der Waals surface area contributed by atoms with E-state index < -0.39 is 6.04 Å². The molecule has 0 aliphatic carbocycles. The molecule has 0 aromatic carbocycles. The van der Waals surface area contributed by atoms with Crippen molar-refractivity contribution < 1.29 is 9.53 Å². The van der Waals surface area contributed by atoms with E-state index in [1.807, 2.05) is 35.9 Å². The summed E-state index contributed by atoms with van der Waals surface area (Å²) in [7, 11) is 3.46. The summed E-state index contributed by atoms with van der Waals surface area (Å²) < 4.78 is 7.26. The topological polar surface area (TPSA) is 60.0 Å². The molecule has 2 aromatic heterocycles. The molecule has 1 amide bonds. The van der Waals surface area contributed by atoms with Gasteiger partial charge >= 0.3 is 0 Å². The van der Waals surface area contributed by atoms with Crippen LogP contribution in [0.4, 0.5) is 0 Å². The van der Waals surface area contributed by atoms with E-state index in [9.17, 15) is 4.79 Å². The molecule has 0 radical (unpaired) electrons. The minimum atomic E-state index is -0.465. The molecule has 114 valence electrons. The molecule has 1 unspecified atom stereocenters. The summed E-state index contributed by atoms with van der Waals surface area (Å²) in [5, 5.41) is 0. The van der Waals surface area contributed by atoms with E-state index >= 15 is 0 Å². The number of aromatic nitrogens is 1. The number of amides is 1. The Balaban J connectivity index is 2.18. The largest absolute Gasteiger partial charge is 0.495 e. The molecule has 5 nitrogen and oxygen atoms in total. The van der Waals surface area contributed by atoms with Crippen LogP contribution in [0.5, 0.6) is 5.75 Å². The van der Waals surface area contributed by atoms with Crippen LogP contribution in [0.3, 0.4) is 0 Å². The highest BCUT2D eigenvalue weighted by molar-refractivity contribution is 5.81. The minimum Gasteiger partial charge on any atom is -0.495 e. The molecule has 2 N–H and O–H groups in total. The lowest BCUT2D eigenvalue weighted by molar-refractivity contribution is -0.132. The van der Waals surface area contributed by atoms with Crippen molar-refractivity contribution in [2.75, 3.05) is 14.2 Å². The maximum Gasteiger partial charge on any atom is 0.239 e. The first-order valence-electron chi connectivity index (χ1n) is 7.10. The second-order valence-corrected chi connectivity index (χ2v) is 5.49. The maximum absolute atomic E-state index is 11.9. The van der Waals surface area contributed by atoms with Crippen molar-refractivity contribution in [3.05, 3.63) is 36.2 Å². The fourth-order valence-corrected chi connectivity index (χ4v) is 2.44. The summed E-state index contributed by atoms with van der Waals surface area (Å²) in [6.07, 6.45) is 4.74. The molecule has 21 heavy (non-hydrogen) atoms. The zero-order chi connectivity index (χ0) is 15.6. The zero-order valence-corrected chi connectivity index (χ0v) is 13.0. The van der Waals surface area contributed by atoms with Gasteiger partial charge in [-0.2, -0.15) is 0 Å². The van der Waals surface area contributed by atoms with Gasteiger partial charge in [0.2, 0.25) is 5.91 Å². The summed E-state index contributed by atoms with van der Waals surface area (Å²) in [6, 6.07) is 5.69. The van der Waals surface area contributed by atoms with Gasteiger partial charge in [0.1, 0.15) is 5.75 Å². The molecule has 0 saturated heterocycles. The fourth-order valence-electron chi connectivity index (χ4n) is 2.44. The first kappa shape index (κ1) is 15.4. The number of fused-ring (bicyclic) bond motifs is 1. The number of methoxy groups -OCH3 is 1. The highest BCUT2D eigenvalue weighted by Crippen LogP contribution is 2.20. The zero-order valence-electron chi connectivity index (χ0n) is 13.0. The number of rotatable bonds is 5. The van der Waals surface area contributed by atoms with Gasteiger partial charge in [0.25, 0.3) is 0 Å². The molecule has 2 aromatic rings. The SMILES string of the molecule is COc1ccc2c(CC(C)N(C)C(=O)[C@H](C)N)ccn2c1. The standard InChI is InChI=1S/C16H23N3O2/c1-11(18(3)16(20)12(2)17)9-13-7-8-19-10-14(21-4)5-6-15(13)19/h5-8,10-12H,9,17H2,1-4H3/t11?,12-/m0/s1. The van der Waals surface area contributed by atoms with Crippen LogP contribution in [0.2, 0.25) is 0 Å². The number of hydrogen-bond acceptors (Lipinski definition) is 3. The minimum absolute atomic E-state index is 0.0346. The van der Waals surface area contributed by atoms with E-state index in [2.05, 4.69) is 6.07 Å².